The van der Waals surface area contributed by atoms with Gasteiger partial charge in [0.15, 0.2) is 11.5 Å². The van der Waals surface area contributed by atoms with Crippen LogP contribution in [0, 0.1) is 0 Å². The van der Waals surface area contributed by atoms with Gasteiger partial charge < -0.3 is 24.7 Å². The Morgan fingerprint density at radius 3 is 2.82 bits per heavy atom. The van der Waals surface area contributed by atoms with Gasteiger partial charge in [0.25, 0.3) is 0 Å². The van der Waals surface area contributed by atoms with Gasteiger partial charge in [-0.3, -0.25) is 0 Å². The smallest absolute Gasteiger partial charge is 0.317 e. The van der Waals surface area contributed by atoms with Crippen LogP contribution in [0.4, 0.5) is 4.79 Å². The Morgan fingerprint density at radius 2 is 1.93 bits per heavy atom. The zero-order chi connectivity index (χ0) is 18.9. The third kappa shape index (κ3) is 3.15. The molecule has 2 aliphatic heterocycles. The number of piperidine rings is 1. The minimum absolute atomic E-state index is 0.00459. The van der Waals surface area contributed by atoms with Gasteiger partial charge in [-0.05, 0) is 48.1 Å². The predicted octanol–water partition coefficient (Wildman–Crippen LogP) is 3.99. The molecular formula is C22H23N3O3. The largest absolute Gasteiger partial charge is 0.454 e. The van der Waals surface area contributed by atoms with Crippen LogP contribution in [0.25, 0.3) is 10.9 Å². The van der Waals surface area contributed by atoms with Gasteiger partial charge in [-0.2, -0.15) is 0 Å². The van der Waals surface area contributed by atoms with Crippen molar-refractivity contribution in [2.75, 3.05) is 19.9 Å². The number of nitrogens with zero attached hydrogens (tertiary/aromatic N) is 1. The number of urea groups is 1. The highest BCUT2D eigenvalue weighted by atomic mass is 16.7. The molecule has 2 amide bonds. The maximum Gasteiger partial charge on any atom is 0.317 e. The van der Waals surface area contributed by atoms with Crippen LogP contribution in [0.2, 0.25) is 0 Å². The van der Waals surface area contributed by atoms with E-state index in [0.29, 0.717) is 12.5 Å². The van der Waals surface area contributed by atoms with E-state index < -0.39 is 0 Å². The monoisotopic (exact) mass is 377 g/mol. The van der Waals surface area contributed by atoms with E-state index in [-0.39, 0.29) is 12.8 Å². The normalized spacial score (nSPS) is 16.5. The predicted molar refractivity (Wildman–Crippen MR) is 107 cm³/mol. The molecule has 1 fully saturated rings. The third-order valence-corrected chi connectivity index (χ3v) is 5.72. The van der Waals surface area contributed by atoms with Crippen molar-refractivity contribution in [1.29, 1.82) is 0 Å². The lowest BCUT2D eigenvalue weighted by Gasteiger charge is -2.32. The highest BCUT2D eigenvalue weighted by Crippen LogP contribution is 2.34. The lowest BCUT2D eigenvalue weighted by Crippen LogP contribution is -2.43. The number of para-hydroxylation sites is 1. The van der Waals surface area contributed by atoms with Crippen LogP contribution >= 0.6 is 0 Å². The van der Waals surface area contributed by atoms with Crippen molar-refractivity contribution in [3.63, 3.8) is 0 Å². The van der Waals surface area contributed by atoms with E-state index in [1.165, 1.54) is 16.5 Å². The van der Waals surface area contributed by atoms with Crippen LogP contribution in [-0.4, -0.2) is 35.8 Å². The highest BCUT2D eigenvalue weighted by Gasteiger charge is 2.25. The van der Waals surface area contributed by atoms with Crippen molar-refractivity contribution < 1.29 is 14.3 Å². The van der Waals surface area contributed by atoms with E-state index in [1.54, 1.807) is 0 Å². The van der Waals surface area contributed by atoms with Gasteiger partial charge in [0.2, 0.25) is 6.79 Å². The van der Waals surface area contributed by atoms with E-state index in [2.05, 4.69) is 40.8 Å². The number of ether oxygens (including phenoxy) is 2. The lowest BCUT2D eigenvalue weighted by atomic mass is 9.89. The second-order valence-electron chi connectivity index (χ2n) is 7.40. The number of rotatable bonds is 3. The Labute approximate surface area is 163 Å². The molecule has 1 aromatic heterocycles. The van der Waals surface area contributed by atoms with E-state index >= 15 is 0 Å². The summed E-state index contributed by atoms with van der Waals surface area (Å²) in [6.07, 6.45) is 4.10. The zero-order valence-corrected chi connectivity index (χ0v) is 15.6. The van der Waals surface area contributed by atoms with E-state index in [1.807, 2.05) is 23.1 Å². The molecule has 2 aromatic carbocycles. The van der Waals surface area contributed by atoms with Gasteiger partial charge in [-0.25, -0.2) is 4.79 Å². The number of carbonyl (C=O) groups excluding carboxylic acids is 1. The molecule has 1 saturated heterocycles. The molecule has 3 heterocycles. The van der Waals surface area contributed by atoms with Gasteiger partial charge in [0.05, 0.1) is 0 Å². The Morgan fingerprint density at radius 1 is 1.11 bits per heavy atom. The number of hydrogen-bond donors (Lipinski definition) is 2. The SMILES string of the molecule is O=C(NCc1ccc2c(c1)OCO2)N1CCC(c2c[nH]c3ccccc23)CC1. The van der Waals surface area contributed by atoms with Gasteiger partial charge in [0.1, 0.15) is 0 Å². The summed E-state index contributed by atoms with van der Waals surface area (Å²) in [4.78, 5) is 17.8. The first kappa shape index (κ1) is 17.0. The number of benzene rings is 2. The van der Waals surface area contributed by atoms with Crippen LogP contribution in [0.3, 0.4) is 0 Å². The van der Waals surface area contributed by atoms with E-state index in [9.17, 15) is 4.79 Å². The number of H-pyrrole nitrogens is 1. The molecule has 0 bridgehead atoms. The number of nitrogens with one attached hydrogen (secondary N) is 2. The molecule has 0 saturated carbocycles. The van der Waals surface area contributed by atoms with Crippen molar-refractivity contribution in [2.24, 2.45) is 0 Å². The summed E-state index contributed by atoms with van der Waals surface area (Å²) >= 11 is 0. The van der Waals surface area contributed by atoms with E-state index in [4.69, 9.17) is 9.47 Å². The van der Waals surface area contributed by atoms with Gasteiger partial charge in [0, 0.05) is 36.7 Å². The molecule has 0 spiro atoms. The van der Waals surface area contributed by atoms with Crippen LogP contribution in [0.5, 0.6) is 11.5 Å². The number of carbonyl (C=O) groups is 1. The molecule has 2 aliphatic rings. The molecule has 6 nitrogen and oxygen atoms in total. The second kappa shape index (κ2) is 7.11. The maximum absolute atomic E-state index is 12.6. The number of hydrogen-bond acceptors (Lipinski definition) is 3. The topological polar surface area (TPSA) is 66.6 Å². The minimum atomic E-state index is -0.00459. The first-order valence-corrected chi connectivity index (χ1v) is 9.75. The second-order valence-corrected chi connectivity index (χ2v) is 7.40. The van der Waals surface area contributed by atoms with Crippen molar-refractivity contribution in [2.45, 2.75) is 25.3 Å². The maximum atomic E-state index is 12.6. The quantitative estimate of drug-likeness (QED) is 0.725. The van der Waals surface area contributed by atoms with Crippen LogP contribution in [0.15, 0.2) is 48.7 Å². The summed E-state index contributed by atoms with van der Waals surface area (Å²) in [6, 6.07) is 14.2. The van der Waals surface area contributed by atoms with Gasteiger partial charge in [-0.1, -0.05) is 24.3 Å². The minimum Gasteiger partial charge on any atom is -0.454 e. The third-order valence-electron chi connectivity index (χ3n) is 5.72. The van der Waals surface area contributed by atoms with Crippen LogP contribution < -0.4 is 14.8 Å². The summed E-state index contributed by atoms with van der Waals surface area (Å²) in [7, 11) is 0. The lowest BCUT2D eigenvalue weighted by molar-refractivity contribution is 0.173. The highest BCUT2D eigenvalue weighted by molar-refractivity contribution is 5.83. The molecule has 3 aromatic rings. The Kier molecular flexibility index (Phi) is 4.31. The number of likely N-dealkylation sites (tertiary alicyclic amines) is 1. The fourth-order valence-electron chi connectivity index (χ4n) is 4.17. The molecule has 5 rings (SSSR count). The Balaban J connectivity index is 1.17. The van der Waals surface area contributed by atoms with Gasteiger partial charge >= 0.3 is 6.03 Å². The molecule has 0 radical (unpaired) electrons. The number of amides is 2. The van der Waals surface area contributed by atoms with Crippen molar-refractivity contribution in [3.05, 3.63) is 59.8 Å². The van der Waals surface area contributed by atoms with Crippen LogP contribution in [-0.2, 0) is 6.54 Å². The fourth-order valence-corrected chi connectivity index (χ4v) is 4.17. The Bertz CT molecular complexity index is 1010. The molecule has 6 heteroatoms. The summed E-state index contributed by atoms with van der Waals surface area (Å²) < 4.78 is 10.7. The van der Waals surface area contributed by atoms with Gasteiger partial charge in [-0.15, -0.1) is 0 Å². The molecule has 28 heavy (non-hydrogen) atoms. The number of aromatic nitrogens is 1. The van der Waals surface area contributed by atoms with Crippen molar-refractivity contribution in [1.82, 2.24) is 15.2 Å². The molecule has 0 atom stereocenters. The zero-order valence-electron chi connectivity index (χ0n) is 15.6. The summed E-state index contributed by atoms with van der Waals surface area (Å²) in [5.74, 6) is 2.00. The summed E-state index contributed by atoms with van der Waals surface area (Å²) in [5, 5.41) is 4.32. The molecule has 0 aliphatic carbocycles. The fraction of sp³-hybridized carbons (Fsp3) is 0.318. The van der Waals surface area contributed by atoms with Crippen molar-refractivity contribution in [3.8, 4) is 11.5 Å². The van der Waals surface area contributed by atoms with Crippen LogP contribution in [0.1, 0.15) is 29.9 Å². The first-order chi connectivity index (χ1) is 13.8. The summed E-state index contributed by atoms with van der Waals surface area (Å²) in [5.41, 5.74) is 3.56. The number of aromatic amines is 1. The standard InChI is InChI=1S/C22H23N3O3/c26-22(24-12-15-5-6-20-21(11-15)28-14-27-20)25-9-7-16(8-10-25)18-13-23-19-4-2-1-3-17(18)19/h1-6,11,13,16,23H,7-10,12,14H2,(H,24,26). The van der Waals surface area contributed by atoms with Crippen molar-refractivity contribution >= 4 is 16.9 Å². The average molecular weight is 377 g/mol. The molecule has 2 N–H and O–H groups in total. The average Bonchev–Trinajstić information content (AvgIpc) is 3.38. The molecular weight excluding hydrogens is 354 g/mol. The summed E-state index contributed by atoms with van der Waals surface area (Å²) in [6.45, 7) is 2.29. The molecule has 0 unspecified atom stereocenters. The first-order valence-electron chi connectivity index (χ1n) is 9.75. The van der Waals surface area contributed by atoms with E-state index in [0.717, 1.165) is 43.0 Å². The molecule has 144 valence electrons. The number of fused-ring (bicyclic) bond motifs is 2. The Hall–Kier alpha value is -3.15.